The van der Waals surface area contributed by atoms with Gasteiger partial charge in [-0.25, -0.2) is 0 Å². The Morgan fingerprint density at radius 3 is 0.773 bits per heavy atom. The van der Waals surface area contributed by atoms with E-state index in [4.69, 9.17) is 5.41 Å². The summed E-state index contributed by atoms with van der Waals surface area (Å²) >= 11 is 0. The lowest BCUT2D eigenvalue weighted by atomic mass is 10.0. The molecule has 0 spiro atoms. The van der Waals surface area contributed by atoms with Crippen LogP contribution in [-0.2, 0) is 0 Å². The van der Waals surface area contributed by atoms with Crippen LogP contribution >= 0.6 is 0 Å². The summed E-state index contributed by atoms with van der Waals surface area (Å²) < 4.78 is 0. The number of hydrogen-bond donors (Lipinski definition) is 3. The van der Waals surface area contributed by atoms with E-state index in [0.29, 0.717) is 5.96 Å². The molecule has 0 aromatic carbocycles. The average Bonchev–Trinajstić information content (AvgIpc) is 3.03. The fourth-order valence-corrected chi connectivity index (χ4v) is 6.11. The summed E-state index contributed by atoms with van der Waals surface area (Å²) in [5, 5.41) is 14.0. The highest BCUT2D eigenvalue weighted by Gasteiger charge is 1.96. The quantitative estimate of drug-likeness (QED) is 0.0373. The minimum atomic E-state index is 0.358. The normalized spacial score (nSPS) is 11.7. The van der Waals surface area contributed by atoms with Crippen LogP contribution in [-0.4, -0.2) is 5.96 Å². The van der Waals surface area contributed by atoms with Crippen LogP contribution in [0, 0.1) is 5.41 Å². The number of hydrogen-bond acceptors (Lipinski definition) is 1. The lowest BCUT2D eigenvalue weighted by molar-refractivity contribution is 0.530. The predicted octanol–water partition coefficient (Wildman–Crippen LogP) is 14.4. The highest BCUT2D eigenvalue weighted by atomic mass is 15.1. The van der Waals surface area contributed by atoms with Gasteiger partial charge in [0.05, 0.1) is 0 Å². The topological polar surface area (TPSA) is 47.9 Å². The van der Waals surface area contributed by atoms with E-state index < -0.39 is 0 Å². The summed E-state index contributed by atoms with van der Waals surface area (Å²) in [6.45, 7) is 4.59. The van der Waals surface area contributed by atoms with E-state index in [9.17, 15) is 0 Å². The highest BCUT2D eigenvalue weighted by Crippen LogP contribution is 2.15. The molecule has 0 fully saturated rings. The first-order valence-corrected chi connectivity index (χ1v) is 20.2. The number of rotatable bonds is 36. The molecule has 0 aliphatic carbocycles. The van der Waals surface area contributed by atoms with Gasteiger partial charge in [-0.15, -0.1) is 0 Å². The van der Waals surface area contributed by atoms with Crippen molar-refractivity contribution < 1.29 is 0 Å². The van der Waals surface area contributed by atoms with E-state index in [1.54, 1.807) is 0 Å². The second-order valence-corrected chi connectivity index (χ2v) is 13.7. The van der Waals surface area contributed by atoms with Gasteiger partial charge in [0.15, 0.2) is 5.96 Å². The Balaban J connectivity index is 3.26. The molecule has 0 amide bonds. The molecule has 0 heterocycles. The number of unbranched alkanes of at least 4 members (excludes halogenated alkanes) is 32. The second kappa shape index (κ2) is 39.8. The third kappa shape index (κ3) is 38.8. The molecule has 0 aromatic rings. The van der Waals surface area contributed by atoms with E-state index in [1.807, 2.05) is 12.4 Å². The van der Waals surface area contributed by atoms with Gasteiger partial charge in [-0.05, 0) is 38.1 Å². The number of nitrogens with one attached hydrogen (secondary N) is 3. The van der Waals surface area contributed by atoms with E-state index in [2.05, 4.69) is 36.6 Å². The molecule has 0 radical (unpaired) electrons. The van der Waals surface area contributed by atoms with Gasteiger partial charge in [0.25, 0.3) is 0 Å². The van der Waals surface area contributed by atoms with E-state index in [1.165, 1.54) is 205 Å². The van der Waals surface area contributed by atoms with Crippen molar-refractivity contribution in [2.75, 3.05) is 0 Å². The summed E-state index contributed by atoms with van der Waals surface area (Å²) in [5.41, 5.74) is 0. The summed E-state index contributed by atoms with van der Waals surface area (Å²) in [5.74, 6) is 0.358. The van der Waals surface area contributed by atoms with Gasteiger partial charge >= 0.3 is 0 Å². The molecule has 44 heavy (non-hydrogen) atoms. The first-order chi connectivity index (χ1) is 21.8. The molecule has 0 aromatic heterocycles. The molecule has 0 bridgehead atoms. The van der Waals surface area contributed by atoms with Crippen molar-refractivity contribution >= 4 is 5.96 Å². The van der Waals surface area contributed by atoms with Gasteiger partial charge in [0.2, 0.25) is 0 Å². The molecule has 3 N–H and O–H groups in total. The van der Waals surface area contributed by atoms with Crippen LogP contribution in [0.3, 0.4) is 0 Å². The van der Waals surface area contributed by atoms with Crippen LogP contribution in [0.4, 0.5) is 0 Å². The summed E-state index contributed by atoms with van der Waals surface area (Å²) in [6, 6.07) is 0. The predicted molar refractivity (Wildman–Crippen MR) is 201 cm³/mol. The van der Waals surface area contributed by atoms with Crippen molar-refractivity contribution in [2.24, 2.45) is 0 Å². The largest absolute Gasteiger partial charge is 0.333 e. The molecule has 0 unspecified atom stereocenters. The smallest absolute Gasteiger partial charge is 0.196 e. The van der Waals surface area contributed by atoms with Crippen LogP contribution in [0.2, 0.25) is 0 Å². The first-order valence-electron chi connectivity index (χ1n) is 20.2. The summed E-state index contributed by atoms with van der Waals surface area (Å²) in [4.78, 5) is 0. The molecule has 0 rings (SSSR count). The maximum atomic E-state index is 7.97. The maximum Gasteiger partial charge on any atom is 0.196 e. The fourth-order valence-electron chi connectivity index (χ4n) is 6.11. The van der Waals surface area contributed by atoms with Gasteiger partial charge < -0.3 is 10.6 Å². The Kier molecular flexibility index (Phi) is 38.6. The van der Waals surface area contributed by atoms with Crippen LogP contribution < -0.4 is 10.6 Å². The van der Waals surface area contributed by atoms with Gasteiger partial charge in [-0.1, -0.05) is 219 Å². The Morgan fingerprint density at radius 2 is 0.545 bits per heavy atom. The fraction of sp³-hybridized carbons (Fsp3) is 0.878. The maximum absolute atomic E-state index is 7.97. The Bertz CT molecular complexity index is 547. The zero-order valence-electron chi connectivity index (χ0n) is 30.4. The van der Waals surface area contributed by atoms with Crippen molar-refractivity contribution in [3.05, 3.63) is 24.6 Å². The molecule has 260 valence electrons. The lowest BCUT2D eigenvalue weighted by Gasteiger charge is -2.04. The first kappa shape index (κ1) is 42.8. The van der Waals surface area contributed by atoms with Gasteiger partial charge in [-0.3, -0.25) is 5.41 Å². The Morgan fingerprint density at radius 1 is 0.341 bits per heavy atom. The average molecular weight is 616 g/mol. The third-order valence-corrected chi connectivity index (χ3v) is 9.14. The van der Waals surface area contributed by atoms with E-state index >= 15 is 0 Å². The second-order valence-electron chi connectivity index (χ2n) is 13.7. The minimum absolute atomic E-state index is 0.358. The highest BCUT2D eigenvalue weighted by molar-refractivity contribution is 5.78. The van der Waals surface area contributed by atoms with Gasteiger partial charge in [0, 0.05) is 0 Å². The van der Waals surface area contributed by atoms with Gasteiger partial charge in [0.1, 0.15) is 0 Å². The molecular weight excluding hydrogens is 534 g/mol. The standard InChI is InChI=1S/C41H81N3/c1-3-5-7-9-11-13-15-17-19-21-23-25-27-29-31-33-35-37-39-43-41(42)44-40-38-36-34-32-30-28-26-24-22-20-18-16-14-12-10-8-6-4-2/h37-40H,3-36H2,1-2H3,(H3,42,43,44). The summed E-state index contributed by atoms with van der Waals surface area (Å²) in [6.07, 6.45) is 55.7. The third-order valence-electron chi connectivity index (χ3n) is 9.14. The zero-order chi connectivity index (χ0) is 31.9. The molecule has 0 aliphatic heterocycles. The van der Waals surface area contributed by atoms with Crippen LogP contribution in [0.1, 0.15) is 232 Å². The minimum Gasteiger partial charge on any atom is -0.333 e. The molecule has 0 aliphatic rings. The van der Waals surface area contributed by atoms with Crippen LogP contribution in [0.5, 0.6) is 0 Å². The van der Waals surface area contributed by atoms with Crippen molar-refractivity contribution in [2.45, 2.75) is 232 Å². The zero-order valence-corrected chi connectivity index (χ0v) is 30.4. The number of guanidine groups is 1. The molecule has 0 atom stereocenters. The SMILES string of the molecule is CCCCCCCCCCCCCCCCCCC=CNC(=N)NC=CCCCCCCCCCCCCCCCCCC. The lowest BCUT2D eigenvalue weighted by Crippen LogP contribution is -2.28. The van der Waals surface area contributed by atoms with Crippen LogP contribution in [0.15, 0.2) is 24.6 Å². The Labute approximate surface area is 278 Å². The molecule has 3 heteroatoms. The van der Waals surface area contributed by atoms with Crippen molar-refractivity contribution in [3.63, 3.8) is 0 Å². The monoisotopic (exact) mass is 616 g/mol. The number of allylic oxidation sites excluding steroid dienone is 2. The van der Waals surface area contributed by atoms with E-state index in [0.717, 1.165) is 12.8 Å². The van der Waals surface area contributed by atoms with Crippen LogP contribution in [0.25, 0.3) is 0 Å². The Hall–Kier alpha value is -1.25. The molecule has 0 saturated heterocycles. The molecule has 3 nitrogen and oxygen atoms in total. The van der Waals surface area contributed by atoms with Gasteiger partial charge in [-0.2, -0.15) is 0 Å². The van der Waals surface area contributed by atoms with E-state index in [-0.39, 0.29) is 0 Å². The molecule has 0 saturated carbocycles. The summed E-state index contributed by atoms with van der Waals surface area (Å²) in [7, 11) is 0. The molecular formula is C41H81N3. The van der Waals surface area contributed by atoms with Crippen molar-refractivity contribution in [3.8, 4) is 0 Å². The van der Waals surface area contributed by atoms with Crippen molar-refractivity contribution in [1.82, 2.24) is 10.6 Å². The van der Waals surface area contributed by atoms with Crippen molar-refractivity contribution in [1.29, 1.82) is 5.41 Å².